The standard InChI is InChI=1S/C4H6.C3H6O.3C2H6/c2*1-3-4-2;3*1-2/h3-4H,1-2H2;3H,1H2,2H3;3*1-2H3. The van der Waals surface area contributed by atoms with Crippen molar-refractivity contribution in [1.29, 1.82) is 0 Å². The van der Waals surface area contributed by atoms with E-state index in [0.29, 0.717) is 0 Å². The normalized spacial score (nSPS) is 4.21. The minimum atomic E-state index is 1.38. The quantitative estimate of drug-likeness (QED) is 0.441. The number of methoxy groups -OCH3 is 1. The van der Waals surface area contributed by atoms with E-state index in [1.165, 1.54) is 6.26 Å². The van der Waals surface area contributed by atoms with Crippen molar-refractivity contribution in [3.05, 3.63) is 38.2 Å². The zero-order valence-electron chi connectivity index (χ0n) is 11.3. The summed E-state index contributed by atoms with van der Waals surface area (Å²) < 4.78 is 4.31. The van der Waals surface area contributed by atoms with Crippen LogP contribution >= 0.6 is 0 Å². The molecule has 0 rings (SSSR count). The van der Waals surface area contributed by atoms with E-state index in [1.807, 2.05) is 41.5 Å². The minimum absolute atomic E-state index is 1.38. The van der Waals surface area contributed by atoms with Gasteiger partial charge in [0.1, 0.15) is 0 Å². The van der Waals surface area contributed by atoms with Crippen molar-refractivity contribution >= 4 is 0 Å². The van der Waals surface area contributed by atoms with E-state index < -0.39 is 0 Å². The lowest BCUT2D eigenvalue weighted by Gasteiger charge is -1.73. The van der Waals surface area contributed by atoms with Crippen LogP contribution in [0.2, 0.25) is 0 Å². The van der Waals surface area contributed by atoms with Gasteiger partial charge in [-0.3, -0.25) is 0 Å². The lowest BCUT2D eigenvalue weighted by Crippen LogP contribution is -1.54. The first-order valence-corrected chi connectivity index (χ1v) is 5.20. The second-order valence-electron chi connectivity index (χ2n) is 0.874. The van der Waals surface area contributed by atoms with Gasteiger partial charge in [-0.2, -0.15) is 0 Å². The van der Waals surface area contributed by atoms with Crippen LogP contribution in [0.3, 0.4) is 0 Å². The van der Waals surface area contributed by atoms with Gasteiger partial charge in [-0.1, -0.05) is 73.4 Å². The predicted molar refractivity (Wildman–Crippen MR) is 71.6 cm³/mol. The largest absolute Gasteiger partial charge is 0.505 e. The van der Waals surface area contributed by atoms with E-state index in [2.05, 4.69) is 24.5 Å². The van der Waals surface area contributed by atoms with Crippen molar-refractivity contribution in [3.8, 4) is 0 Å². The first-order chi connectivity index (χ1) is 6.83. The van der Waals surface area contributed by atoms with Gasteiger partial charge in [-0.05, 0) is 0 Å². The predicted octanol–water partition coefficient (Wildman–Crippen LogP) is 5.21. The summed E-state index contributed by atoms with van der Waals surface area (Å²) in [7, 11) is 1.56. The van der Waals surface area contributed by atoms with Gasteiger partial charge in [0.25, 0.3) is 0 Å². The van der Waals surface area contributed by atoms with Crippen molar-refractivity contribution in [2.45, 2.75) is 41.5 Å². The van der Waals surface area contributed by atoms with Gasteiger partial charge in [0.2, 0.25) is 0 Å². The third-order valence-corrected chi connectivity index (χ3v) is 0.333. The van der Waals surface area contributed by atoms with Crippen molar-refractivity contribution in [2.24, 2.45) is 0 Å². The van der Waals surface area contributed by atoms with Crippen LogP contribution in [0.15, 0.2) is 38.2 Å². The molecule has 0 atom stereocenters. The Kier molecular flexibility index (Phi) is 334. The smallest absolute Gasteiger partial charge is 0.0766 e. The molecule has 0 N–H and O–H groups in total. The van der Waals surface area contributed by atoms with E-state index in [9.17, 15) is 0 Å². The molecule has 1 nitrogen and oxygen atoms in total. The molecule has 0 aliphatic rings. The molecule has 0 aromatic carbocycles. The van der Waals surface area contributed by atoms with Gasteiger partial charge < -0.3 is 4.74 Å². The topological polar surface area (TPSA) is 9.23 Å². The maximum absolute atomic E-state index is 4.31. The summed E-state index contributed by atoms with van der Waals surface area (Å²) >= 11 is 0. The molecule has 1 heteroatoms. The Morgan fingerprint density at radius 3 is 0.857 bits per heavy atom. The molecule has 0 bridgehead atoms. The molecule has 0 spiro atoms. The van der Waals surface area contributed by atoms with Gasteiger partial charge in [-0.25, -0.2) is 0 Å². The van der Waals surface area contributed by atoms with Crippen molar-refractivity contribution in [1.82, 2.24) is 0 Å². The summed E-state index contributed by atoms with van der Waals surface area (Å²) in [5.74, 6) is 0. The summed E-state index contributed by atoms with van der Waals surface area (Å²) in [5, 5.41) is 0. The zero-order chi connectivity index (χ0) is 12.8. The van der Waals surface area contributed by atoms with Crippen LogP contribution in [0.1, 0.15) is 41.5 Å². The Hall–Kier alpha value is -0.980. The summed E-state index contributed by atoms with van der Waals surface area (Å²) in [5.41, 5.74) is 0. The maximum atomic E-state index is 4.31. The second kappa shape index (κ2) is 160. The van der Waals surface area contributed by atoms with E-state index in [1.54, 1.807) is 19.3 Å². The molecule has 0 saturated carbocycles. The number of ether oxygens (including phenoxy) is 1. The molecule has 0 aromatic heterocycles. The van der Waals surface area contributed by atoms with Crippen molar-refractivity contribution < 1.29 is 4.74 Å². The molecule has 0 radical (unpaired) electrons. The van der Waals surface area contributed by atoms with Gasteiger partial charge >= 0.3 is 0 Å². The zero-order valence-corrected chi connectivity index (χ0v) is 11.3. The summed E-state index contributed by atoms with van der Waals surface area (Å²) in [6, 6.07) is 0. The van der Waals surface area contributed by atoms with Crippen LogP contribution in [-0.4, -0.2) is 7.11 Å². The molecular weight excluding hydrogens is 172 g/mol. The highest BCUT2D eigenvalue weighted by molar-refractivity contribution is 4.88. The Balaban J connectivity index is -0.0000000255. The first kappa shape index (κ1) is 29.2. The summed E-state index contributed by atoms with van der Waals surface area (Å²) in [6.07, 6.45) is 4.65. The van der Waals surface area contributed by atoms with E-state index in [4.69, 9.17) is 0 Å². The van der Waals surface area contributed by atoms with E-state index in [0.717, 1.165) is 0 Å². The number of hydrogen-bond acceptors (Lipinski definition) is 1. The molecule has 0 fully saturated rings. The van der Waals surface area contributed by atoms with Gasteiger partial charge in [0.15, 0.2) is 0 Å². The number of hydrogen-bond donors (Lipinski definition) is 0. The van der Waals surface area contributed by atoms with Crippen LogP contribution in [0.4, 0.5) is 0 Å². The molecule has 0 saturated heterocycles. The van der Waals surface area contributed by atoms with Gasteiger partial charge in [-0.15, -0.1) is 0 Å². The monoisotopic (exact) mass is 202 g/mol. The summed E-state index contributed by atoms with van der Waals surface area (Å²) in [6.45, 7) is 22.0. The van der Waals surface area contributed by atoms with Crippen LogP contribution < -0.4 is 0 Å². The second-order valence-corrected chi connectivity index (χ2v) is 0.874. The van der Waals surface area contributed by atoms with Crippen molar-refractivity contribution in [2.75, 3.05) is 7.11 Å². The molecule has 0 heterocycles. The third-order valence-electron chi connectivity index (χ3n) is 0.333. The lowest BCUT2D eigenvalue weighted by atomic mass is 10.6. The fourth-order valence-corrected chi connectivity index (χ4v) is 0. The molecule has 0 amide bonds. The van der Waals surface area contributed by atoms with Crippen LogP contribution in [-0.2, 0) is 4.74 Å². The van der Waals surface area contributed by atoms with E-state index >= 15 is 0 Å². The first-order valence-electron chi connectivity index (χ1n) is 5.20. The molecule has 0 aromatic rings. The lowest BCUT2D eigenvalue weighted by molar-refractivity contribution is 0.339. The molecule has 0 aliphatic carbocycles. The molecular formula is C13H30O. The van der Waals surface area contributed by atoms with Crippen LogP contribution in [0, 0.1) is 0 Å². The fourth-order valence-electron chi connectivity index (χ4n) is 0. The van der Waals surface area contributed by atoms with Crippen LogP contribution in [0.25, 0.3) is 0 Å². The van der Waals surface area contributed by atoms with Gasteiger partial charge in [0.05, 0.1) is 13.4 Å². The Morgan fingerprint density at radius 1 is 0.714 bits per heavy atom. The van der Waals surface area contributed by atoms with Crippen LogP contribution in [0.5, 0.6) is 0 Å². The highest BCUT2D eigenvalue weighted by Gasteiger charge is 1.36. The van der Waals surface area contributed by atoms with E-state index in [-0.39, 0.29) is 0 Å². The Bertz CT molecular complexity index is 59.6. The highest BCUT2D eigenvalue weighted by atomic mass is 16.5. The number of rotatable bonds is 2. The minimum Gasteiger partial charge on any atom is -0.505 e. The molecule has 0 aliphatic heterocycles. The van der Waals surface area contributed by atoms with Crippen molar-refractivity contribution in [3.63, 3.8) is 0 Å². The van der Waals surface area contributed by atoms with Gasteiger partial charge in [0, 0.05) is 0 Å². The average Bonchev–Trinajstić information content (AvgIpc) is 2.36. The SMILES string of the molecule is C=CC=C.C=COC.CC.CC.CC. The molecule has 0 unspecified atom stereocenters. The highest BCUT2D eigenvalue weighted by Crippen LogP contribution is 1.52. The summed E-state index contributed by atoms with van der Waals surface area (Å²) in [4.78, 5) is 0. The Labute approximate surface area is 92.2 Å². The maximum Gasteiger partial charge on any atom is 0.0766 e. The Morgan fingerprint density at radius 2 is 0.857 bits per heavy atom. The molecule has 14 heavy (non-hydrogen) atoms. The number of allylic oxidation sites excluding steroid dienone is 2. The third kappa shape index (κ3) is 1060. The average molecular weight is 202 g/mol. The fraction of sp³-hybridized carbons (Fsp3) is 0.538. The molecule has 88 valence electrons.